The number of hydrogen-bond acceptors (Lipinski definition) is 5. The van der Waals surface area contributed by atoms with Crippen molar-refractivity contribution in [3.63, 3.8) is 0 Å². The molecule has 0 radical (unpaired) electrons. The summed E-state index contributed by atoms with van der Waals surface area (Å²) in [4.78, 5) is 17.1. The lowest BCUT2D eigenvalue weighted by Crippen LogP contribution is -2.34. The summed E-state index contributed by atoms with van der Waals surface area (Å²) in [7, 11) is 4.07. The van der Waals surface area contributed by atoms with Crippen LogP contribution in [-0.2, 0) is 0 Å². The van der Waals surface area contributed by atoms with Crippen molar-refractivity contribution < 1.29 is 9.90 Å². The lowest BCUT2D eigenvalue weighted by atomic mass is 9.93. The van der Waals surface area contributed by atoms with Crippen LogP contribution in [0.25, 0.3) is 0 Å². The van der Waals surface area contributed by atoms with Gasteiger partial charge in [-0.2, -0.15) is 0 Å². The summed E-state index contributed by atoms with van der Waals surface area (Å²) in [6, 6.07) is 0. The summed E-state index contributed by atoms with van der Waals surface area (Å²) in [6.07, 6.45) is 1.38. The first-order valence-corrected chi connectivity index (χ1v) is 6.19. The zero-order valence-electron chi connectivity index (χ0n) is 10.6. The van der Waals surface area contributed by atoms with Crippen molar-refractivity contribution >= 4 is 22.4 Å². The van der Waals surface area contributed by atoms with E-state index < -0.39 is 5.97 Å². The first kappa shape index (κ1) is 13.9. The van der Waals surface area contributed by atoms with Crippen molar-refractivity contribution in [3.05, 3.63) is 11.1 Å². The van der Waals surface area contributed by atoms with Crippen LogP contribution in [0.2, 0.25) is 0 Å². The van der Waals surface area contributed by atoms with Crippen molar-refractivity contribution in [1.29, 1.82) is 0 Å². The van der Waals surface area contributed by atoms with E-state index in [9.17, 15) is 4.79 Å². The molecular formula is C11H19N3O2S. The van der Waals surface area contributed by atoms with Crippen LogP contribution in [0.3, 0.4) is 0 Å². The normalized spacial score (nSPS) is 11.8. The maximum Gasteiger partial charge on any atom is 0.347 e. The smallest absolute Gasteiger partial charge is 0.347 e. The lowest BCUT2D eigenvalue weighted by Gasteiger charge is -2.28. The number of carboxylic acids is 1. The predicted octanol–water partition coefficient (Wildman–Crippen LogP) is 1.84. The number of thiazole rings is 1. The summed E-state index contributed by atoms with van der Waals surface area (Å²) in [6.45, 7) is 6.03. The number of carboxylic acid groups (broad SMARTS) is 1. The molecule has 0 atom stereocenters. The van der Waals surface area contributed by atoms with Gasteiger partial charge in [-0.3, -0.25) is 0 Å². The summed E-state index contributed by atoms with van der Waals surface area (Å²) in [5.41, 5.74) is 0.110. The number of nitrogens with zero attached hydrogens (tertiary/aromatic N) is 2. The molecule has 1 rings (SSSR count). The van der Waals surface area contributed by atoms with E-state index in [1.54, 1.807) is 0 Å². The Labute approximate surface area is 105 Å². The molecule has 6 heteroatoms. The molecule has 17 heavy (non-hydrogen) atoms. The van der Waals surface area contributed by atoms with Gasteiger partial charge in [0.05, 0.1) is 6.20 Å². The fourth-order valence-corrected chi connectivity index (χ4v) is 2.33. The number of aromatic nitrogens is 1. The van der Waals surface area contributed by atoms with E-state index in [-0.39, 0.29) is 10.3 Å². The zero-order chi connectivity index (χ0) is 13.1. The van der Waals surface area contributed by atoms with Gasteiger partial charge in [0.15, 0.2) is 5.13 Å². The molecule has 0 aliphatic heterocycles. The highest BCUT2D eigenvalue weighted by atomic mass is 32.1. The summed E-state index contributed by atoms with van der Waals surface area (Å²) in [5.74, 6) is -0.928. The summed E-state index contributed by atoms with van der Waals surface area (Å²) >= 11 is 1.17. The fourth-order valence-electron chi connectivity index (χ4n) is 1.68. The molecule has 0 aromatic carbocycles. The Bertz CT molecular complexity index is 388. The van der Waals surface area contributed by atoms with E-state index in [4.69, 9.17) is 5.11 Å². The Hall–Kier alpha value is -1.14. The van der Waals surface area contributed by atoms with Crippen molar-refractivity contribution in [1.82, 2.24) is 9.88 Å². The molecule has 1 aromatic heterocycles. The summed E-state index contributed by atoms with van der Waals surface area (Å²) in [5, 5.41) is 12.6. The second-order valence-corrected chi connectivity index (χ2v) is 6.12. The maximum absolute atomic E-state index is 10.7. The van der Waals surface area contributed by atoms with Crippen LogP contribution in [0.1, 0.15) is 23.5 Å². The fraction of sp³-hybridized carbons (Fsp3) is 0.636. The van der Waals surface area contributed by atoms with Crippen LogP contribution in [0.15, 0.2) is 6.20 Å². The van der Waals surface area contributed by atoms with Crippen molar-refractivity contribution in [2.75, 3.05) is 32.5 Å². The van der Waals surface area contributed by atoms with Crippen LogP contribution in [-0.4, -0.2) is 48.1 Å². The second-order valence-electron chi connectivity index (χ2n) is 5.09. The molecule has 0 spiro atoms. The Morgan fingerprint density at radius 2 is 2.24 bits per heavy atom. The van der Waals surface area contributed by atoms with Crippen molar-refractivity contribution in [3.8, 4) is 0 Å². The molecule has 0 aliphatic carbocycles. The van der Waals surface area contributed by atoms with Gasteiger partial charge in [0.2, 0.25) is 0 Å². The van der Waals surface area contributed by atoms with E-state index in [1.807, 2.05) is 14.1 Å². The first-order valence-electron chi connectivity index (χ1n) is 5.38. The van der Waals surface area contributed by atoms with Crippen LogP contribution >= 0.6 is 11.3 Å². The Morgan fingerprint density at radius 3 is 2.71 bits per heavy atom. The SMILES string of the molecule is CN(C)CC(C)(C)CNc1ncc(C(=O)O)s1. The predicted molar refractivity (Wildman–Crippen MR) is 69.9 cm³/mol. The quantitative estimate of drug-likeness (QED) is 0.814. The molecule has 0 amide bonds. The standard InChI is InChI=1S/C11H19N3O2S/c1-11(2,7-14(3)4)6-13-10-12-5-8(17-10)9(15)16/h5H,6-7H2,1-4H3,(H,12,13)(H,15,16). The van der Waals surface area contributed by atoms with Gasteiger partial charge in [0.1, 0.15) is 4.88 Å². The molecule has 5 nitrogen and oxygen atoms in total. The average Bonchev–Trinajstić information content (AvgIpc) is 2.61. The van der Waals surface area contributed by atoms with E-state index in [0.29, 0.717) is 5.13 Å². The summed E-state index contributed by atoms with van der Waals surface area (Å²) < 4.78 is 0. The van der Waals surface area contributed by atoms with E-state index in [0.717, 1.165) is 13.1 Å². The zero-order valence-corrected chi connectivity index (χ0v) is 11.5. The maximum atomic E-state index is 10.7. The highest BCUT2D eigenvalue weighted by Crippen LogP contribution is 2.21. The number of hydrogen-bond donors (Lipinski definition) is 2. The monoisotopic (exact) mass is 257 g/mol. The molecule has 2 N–H and O–H groups in total. The van der Waals surface area contributed by atoms with E-state index in [1.165, 1.54) is 17.5 Å². The Kier molecular flexibility index (Phi) is 4.47. The molecule has 1 aromatic rings. The molecular weight excluding hydrogens is 238 g/mol. The third kappa shape index (κ3) is 4.70. The molecule has 0 saturated carbocycles. The van der Waals surface area contributed by atoms with E-state index in [2.05, 4.69) is 29.0 Å². The van der Waals surface area contributed by atoms with Gasteiger partial charge in [-0.1, -0.05) is 25.2 Å². The van der Waals surface area contributed by atoms with Gasteiger partial charge in [0, 0.05) is 13.1 Å². The number of nitrogens with one attached hydrogen (secondary N) is 1. The minimum atomic E-state index is -0.928. The highest BCUT2D eigenvalue weighted by Gasteiger charge is 2.19. The minimum Gasteiger partial charge on any atom is -0.477 e. The molecule has 0 saturated heterocycles. The van der Waals surface area contributed by atoms with Gasteiger partial charge in [-0.25, -0.2) is 9.78 Å². The van der Waals surface area contributed by atoms with Crippen LogP contribution < -0.4 is 5.32 Å². The third-order valence-electron chi connectivity index (χ3n) is 2.18. The third-order valence-corrected chi connectivity index (χ3v) is 3.12. The first-order chi connectivity index (χ1) is 7.80. The molecule has 0 unspecified atom stereocenters. The van der Waals surface area contributed by atoms with Crippen molar-refractivity contribution in [2.45, 2.75) is 13.8 Å². The van der Waals surface area contributed by atoms with Gasteiger partial charge in [0.25, 0.3) is 0 Å². The van der Waals surface area contributed by atoms with Gasteiger partial charge >= 0.3 is 5.97 Å². The molecule has 96 valence electrons. The Morgan fingerprint density at radius 1 is 1.59 bits per heavy atom. The van der Waals surface area contributed by atoms with Crippen LogP contribution in [0.5, 0.6) is 0 Å². The van der Waals surface area contributed by atoms with Gasteiger partial charge in [-0.05, 0) is 19.5 Å². The molecule has 0 fully saturated rings. The van der Waals surface area contributed by atoms with Crippen LogP contribution in [0.4, 0.5) is 5.13 Å². The highest BCUT2D eigenvalue weighted by molar-refractivity contribution is 7.17. The largest absolute Gasteiger partial charge is 0.477 e. The number of aromatic carboxylic acids is 1. The number of anilines is 1. The number of rotatable bonds is 6. The lowest BCUT2D eigenvalue weighted by molar-refractivity contribution is 0.0702. The average molecular weight is 257 g/mol. The Balaban J connectivity index is 2.52. The second kappa shape index (κ2) is 5.46. The van der Waals surface area contributed by atoms with Gasteiger partial charge in [-0.15, -0.1) is 0 Å². The molecule has 0 aliphatic rings. The minimum absolute atomic E-state index is 0.110. The van der Waals surface area contributed by atoms with Gasteiger partial charge < -0.3 is 15.3 Å². The molecule has 0 bridgehead atoms. The molecule has 1 heterocycles. The number of carbonyl (C=O) groups is 1. The van der Waals surface area contributed by atoms with Crippen molar-refractivity contribution in [2.24, 2.45) is 5.41 Å². The topological polar surface area (TPSA) is 65.5 Å². The van der Waals surface area contributed by atoms with Crippen LogP contribution in [0, 0.1) is 5.41 Å². The van der Waals surface area contributed by atoms with E-state index >= 15 is 0 Å².